The van der Waals surface area contributed by atoms with E-state index in [0.29, 0.717) is 12.5 Å². The fraction of sp³-hybridized carbons (Fsp3) is 0.294. The molecule has 1 aliphatic heterocycles. The van der Waals surface area contributed by atoms with Gasteiger partial charge in [-0.25, -0.2) is 4.98 Å². The Morgan fingerprint density at radius 1 is 1.43 bits per heavy atom. The highest BCUT2D eigenvalue weighted by atomic mass is 35.5. The Morgan fingerprint density at radius 3 is 3.00 bits per heavy atom. The second-order valence-electron chi connectivity index (χ2n) is 5.53. The monoisotopic (exact) mass is 347 g/mol. The molecule has 0 bridgehead atoms. The van der Waals surface area contributed by atoms with Crippen LogP contribution < -0.4 is 10.2 Å². The summed E-state index contributed by atoms with van der Waals surface area (Å²) >= 11 is 7.44. The summed E-state index contributed by atoms with van der Waals surface area (Å²) in [6.07, 6.45) is 6.10. The third kappa shape index (κ3) is 4.56. The third-order valence-corrected chi connectivity index (χ3v) is 4.86. The van der Waals surface area contributed by atoms with Crippen LogP contribution in [0, 0.1) is 5.92 Å². The second-order valence-corrected chi connectivity index (χ2v) is 6.89. The number of nitrogens with zero attached hydrogens (tertiary/aromatic N) is 2. The molecule has 1 amide bonds. The first-order valence-corrected chi connectivity index (χ1v) is 8.82. The van der Waals surface area contributed by atoms with Gasteiger partial charge < -0.3 is 10.2 Å². The normalized spacial score (nSPS) is 17.8. The smallest absolute Gasteiger partial charge is 0.244 e. The van der Waals surface area contributed by atoms with Gasteiger partial charge in [-0.15, -0.1) is 11.3 Å². The summed E-state index contributed by atoms with van der Waals surface area (Å²) in [5.41, 5.74) is 1.19. The number of rotatable bonds is 5. The number of halogens is 1. The zero-order chi connectivity index (χ0) is 16.1. The molecule has 1 fully saturated rings. The summed E-state index contributed by atoms with van der Waals surface area (Å²) in [4.78, 5) is 18.3. The molecule has 0 saturated carbocycles. The highest BCUT2D eigenvalue weighted by molar-refractivity contribution is 7.10. The zero-order valence-corrected chi connectivity index (χ0v) is 14.2. The van der Waals surface area contributed by atoms with Gasteiger partial charge in [-0.2, -0.15) is 0 Å². The van der Waals surface area contributed by atoms with Gasteiger partial charge in [-0.1, -0.05) is 11.6 Å². The first-order chi connectivity index (χ1) is 11.2. The molecule has 1 atom stereocenters. The van der Waals surface area contributed by atoms with Gasteiger partial charge in [0.2, 0.25) is 5.91 Å². The topological polar surface area (TPSA) is 45.2 Å². The molecular weight excluding hydrogens is 330 g/mol. The van der Waals surface area contributed by atoms with Crippen molar-refractivity contribution in [1.82, 2.24) is 10.3 Å². The second kappa shape index (κ2) is 7.62. The maximum atomic E-state index is 11.8. The molecule has 23 heavy (non-hydrogen) atoms. The van der Waals surface area contributed by atoms with E-state index in [4.69, 9.17) is 11.6 Å². The number of carbonyl (C=O) groups excluding carboxylic acids is 1. The lowest BCUT2D eigenvalue weighted by atomic mass is 10.1. The van der Waals surface area contributed by atoms with Gasteiger partial charge in [0.05, 0.1) is 0 Å². The van der Waals surface area contributed by atoms with Crippen LogP contribution in [-0.2, 0) is 4.79 Å². The average Bonchev–Trinajstić information content (AvgIpc) is 3.23. The largest absolute Gasteiger partial charge is 0.371 e. The van der Waals surface area contributed by atoms with E-state index in [1.165, 1.54) is 17.0 Å². The first-order valence-electron chi connectivity index (χ1n) is 7.56. The highest BCUT2D eigenvalue weighted by Gasteiger charge is 2.22. The van der Waals surface area contributed by atoms with Crippen molar-refractivity contribution in [2.45, 2.75) is 6.42 Å². The van der Waals surface area contributed by atoms with Gasteiger partial charge >= 0.3 is 0 Å². The predicted octanol–water partition coefficient (Wildman–Crippen LogP) is 3.45. The van der Waals surface area contributed by atoms with Crippen molar-refractivity contribution in [1.29, 1.82) is 0 Å². The summed E-state index contributed by atoms with van der Waals surface area (Å²) in [6.45, 7) is 2.67. The maximum Gasteiger partial charge on any atom is 0.244 e. The minimum absolute atomic E-state index is 0.0647. The van der Waals surface area contributed by atoms with Crippen LogP contribution in [0.5, 0.6) is 0 Å². The fourth-order valence-electron chi connectivity index (χ4n) is 2.65. The lowest BCUT2D eigenvalue weighted by molar-refractivity contribution is -0.116. The molecule has 3 rings (SSSR count). The Kier molecular flexibility index (Phi) is 5.31. The quantitative estimate of drug-likeness (QED) is 0.842. The number of thiazole rings is 1. The van der Waals surface area contributed by atoms with Gasteiger partial charge in [0.1, 0.15) is 5.01 Å². The van der Waals surface area contributed by atoms with Crippen molar-refractivity contribution in [2.24, 2.45) is 5.92 Å². The van der Waals surface area contributed by atoms with Crippen LogP contribution in [0.3, 0.4) is 0 Å². The van der Waals surface area contributed by atoms with Crippen LogP contribution in [0.4, 0.5) is 5.69 Å². The number of benzene rings is 1. The molecule has 0 radical (unpaired) electrons. The van der Waals surface area contributed by atoms with Crippen molar-refractivity contribution in [3.8, 4) is 0 Å². The molecule has 1 aliphatic rings. The molecule has 120 valence electrons. The number of amides is 1. The fourth-order valence-corrected chi connectivity index (χ4v) is 3.31. The van der Waals surface area contributed by atoms with Crippen molar-refractivity contribution >= 4 is 40.6 Å². The lowest BCUT2D eigenvalue weighted by Gasteiger charge is -2.18. The molecule has 2 heterocycles. The van der Waals surface area contributed by atoms with E-state index in [0.717, 1.165) is 29.5 Å². The molecular formula is C17H18ClN3OS. The van der Waals surface area contributed by atoms with Crippen LogP contribution in [0.25, 0.3) is 6.08 Å². The third-order valence-electron chi connectivity index (χ3n) is 3.87. The number of hydrogen-bond donors (Lipinski definition) is 1. The Labute approximate surface area is 144 Å². The molecule has 4 nitrogen and oxygen atoms in total. The van der Waals surface area contributed by atoms with E-state index >= 15 is 0 Å². The molecule has 1 unspecified atom stereocenters. The zero-order valence-electron chi connectivity index (χ0n) is 12.6. The summed E-state index contributed by atoms with van der Waals surface area (Å²) in [7, 11) is 0. The van der Waals surface area contributed by atoms with E-state index in [9.17, 15) is 4.79 Å². The minimum atomic E-state index is -0.0647. The number of anilines is 1. The Bertz CT molecular complexity index is 670. The molecule has 1 aromatic heterocycles. The number of aromatic nitrogens is 1. The van der Waals surface area contributed by atoms with Gasteiger partial charge in [0, 0.05) is 48.0 Å². The molecule has 1 N–H and O–H groups in total. The van der Waals surface area contributed by atoms with Crippen LogP contribution in [-0.4, -0.2) is 30.5 Å². The Hall–Kier alpha value is -1.85. The van der Waals surface area contributed by atoms with Gasteiger partial charge in [0.15, 0.2) is 0 Å². The SMILES string of the molecule is O=C(/C=C/c1nccs1)NCC1CCN(c2ccc(Cl)cc2)C1. The van der Waals surface area contributed by atoms with Crippen molar-refractivity contribution in [3.63, 3.8) is 0 Å². The summed E-state index contributed by atoms with van der Waals surface area (Å²) in [5.74, 6) is 0.410. The van der Waals surface area contributed by atoms with Crippen LogP contribution in [0.15, 0.2) is 41.9 Å². The van der Waals surface area contributed by atoms with Gasteiger partial charge in [-0.05, 0) is 42.7 Å². The average molecular weight is 348 g/mol. The van der Waals surface area contributed by atoms with Crippen LogP contribution in [0.1, 0.15) is 11.4 Å². The number of nitrogens with one attached hydrogen (secondary N) is 1. The van der Waals surface area contributed by atoms with Crippen molar-refractivity contribution in [3.05, 3.63) is 51.9 Å². The minimum Gasteiger partial charge on any atom is -0.371 e. The molecule has 6 heteroatoms. The van der Waals surface area contributed by atoms with E-state index in [1.807, 2.05) is 29.6 Å². The first kappa shape index (κ1) is 16.0. The molecule has 0 aliphatic carbocycles. The van der Waals surface area contributed by atoms with Crippen LogP contribution >= 0.6 is 22.9 Å². The lowest BCUT2D eigenvalue weighted by Crippen LogP contribution is -2.29. The molecule has 1 aromatic carbocycles. The van der Waals surface area contributed by atoms with Crippen molar-refractivity contribution < 1.29 is 4.79 Å². The Balaban J connectivity index is 1.45. The van der Waals surface area contributed by atoms with E-state index in [1.54, 1.807) is 18.3 Å². The molecule has 1 saturated heterocycles. The summed E-state index contributed by atoms with van der Waals surface area (Å²) < 4.78 is 0. The Morgan fingerprint density at radius 2 is 2.26 bits per heavy atom. The summed E-state index contributed by atoms with van der Waals surface area (Å²) in [5, 5.41) is 6.46. The van der Waals surface area contributed by atoms with E-state index < -0.39 is 0 Å². The van der Waals surface area contributed by atoms with Crippen molar-refractivity contribution in [2.75, 3.05) is 24.5 Å². The van der Waals surface area contributed by atoms with Gasteiger partial charge in [-0.3, -0.25) is 4.79 Å². The highest BCUT2D eigenvalue weighted by Crippen LogP contribution is 2.24. The van der Waals surface area contributed by atoms with Gasteiger partial charge in [0.25, 0.3) is 0 Å². The number of hydrogen-bond acceptors (Lipinski definition) is 4. The number of carbonyl (C=O) groups is 1. The molecule has 0 spiro atoms. The van der Waals surface area contributed by atoms with E-state index in [-0.39, 0.29) is 5.91 Å². The standard InChI is InChI=1S/C17H18ClN3OS/c18-14-1-3-15(4-2-14)21-9-7-13(12-21)11-20-16(22)5-6-17-19-8-10-23-17/h1-6,8,10,13H,7,9,11-12H2,(H,20,22)/b6-5+. The molecule has 2 aromatic rings. The maximum absolute atomic E-state index is 11.8. The van der Waals surface area contributed by atoms with Crippen LogP contribution in [0.2, 0.25) is 5.02 Å². The van der Waals surface area contributed by atoms with E-state index in [2.05, 4.69) is 15.2 Å². The predicted molar refractivity (Wildman–Crippen MR) is 95.9 cm³/mol. The summed E-state index contributed by atoms with van der Waals surface area (Å²) in [6, 6.07) is 7.91.